The summed E-state index contributed by atoms with van der Waals surface area (Å²) >= 11 is 0. The minimum atomic E-state index is -0.0392. The minimum absolute atomic E-state index is 0.0130. The number of piperidine rings is 1. The quantitative estimate of drug-likeness (QED) is 0.814. The first-order chi connectivity index (χ1) is 13.4. The molecule has 2 aliphatic rings. The molecule has 152 valence electrons. The fourth-order valence-electron chi connectivity index (χ4n) is 4.33. The first-order valence-electron chi connectivity index (χ1n) is 10.7. The van der Waals surface area contributed by atoms with Crippen molar-refractivity contribution in [2.24, 2.45) is 5.92 Å². The van der Waals surface area contributed by atoms with Crippen LogP contribution in [0.2, 0.25) is 0 Å². The van der Waals surface area contributed by atoms with Crippen molar-refractivity contribution in [1.29, 1.82) is 0 Å². The Morgan fingerprint density at radius 2 is 1.89 bits per heavy atom. The monoisotopic (exact) mass is 383 g/mol. The van der Waals surface area contributed by atoms with Gasteiger partial charge in [-0.2, -0.15) is 5.10 Å². The van der Waals surface area contributed by atoms with E-state index in [9.17, 15) is 4.79 Å². The number of hydrogen-bond donors (Lipinski definition) is 0. The van der Waals surface area contributed by atoms with Crippen molar-refractivity contribution >= 4 is 0 Å². The molecule has 6 heteroatoms. The Labute approximate surface area is 167 Å². The summed E-state index contributed by atoms with van der Waals surface area (Å²) in [4.78, 5) is 19.6. The second kappa shape index (κ2) is 7.82. The van der Waals surface area contributed by atoms with E-state index < -0.39 is 0 Å². The average Bonchev–Trinajstić information content (AvgIpc) is 3.06. The van der Waals surface area contributed by atoms with Gasteiger partial charge in [-0.1, -0.05) is 20.8 Å². The maximum atomic E-state index is 12.3. The van der Waals surface area contributed by atoms with Gasteiger partial charge in [-0.25, -0.2) is 9.67 Å². The van der Waals surface area contributed by atoms with E-state index in [1.807, 2.05) is 6.07 Å². The molecular formula is C22H33N5O. The largest absolute Gasteiger partial charge is 0.335 e. The first-order valence-corrected chi connectivity index (χ1v) is 10.7. The molecule has 0 atom stereocenters. The van der Waals surface area contributed by atoms with Crippen molar-refractivity contribution in [3.8, 4) is 0 Å². The first kappa shape index (κ1) is 19.4. The lowest BCUT2D eigenvalue weighted by Gasteiger charge is -2.31. The molecule has 0 saturated carbocycles. The molecule has 2 aliphatic heterocycles. The predicted molar refractivity (Wildman–Crippen MR) is 110 cm³/mol. The van der Waals surface area contributed by atoms with Gasteiger partial charge in [-0.3, -0.25) is 9.69 Å². The number of hydrogen-bond acceptors (Lipinski definition) is 4. The van der Waals surface area contributed by atoms with E-state index >= 15 is 0 Å². The molecule has 0 unspecified atom stereocenters. The molecule has 0 bridgehead atoms. The van der Waals surface area contributed by atoms with Crippen LogP contribution in [0.5, 0.6) is 0 Å². The van der Waals surface area contributed by atoms with Crippen LogP contribution in [0.4, 0.5) is 0 Å². The molecule has 0 spiro atoms. The maximum Gasteiger partial charge on any atom is 0.266 e. The highest BCUT2D eigenvalue weighted by atomic mass is 16.1. The van der Waals surface area contributed by atoms with Gasteiger partial charge in [0, 0.05) is 43.7 Å². The summed E-state index contributed by atoms with van der Waals surface area (Å²) in [6.07, 6.45) is 8.14. The minimum Gasteiger partial charge on any atom is -0.335 e. The van der Waals surface area contributed by atoms with Gasteiger partial charge in [-0.15, -0.1) is 0 Å². The van der Waals surface area contributed by atoms with Crippen LogP contribution in [0.1, 0.15) is 63.7 Å². The second-order valence-electron chi connectivity index (χ2n) is 9.51. The van der Waals surface area contributed by atoms with Gasteiger partial charge in [0.1, 0.15) is 5.82 Å². The molecule has 2 aromatic rings. The molecule has 0 aromatic carbocycles. The summed E-state index contributed by atoms with van der Waals surface area (Å²) in [5.41, 5.74) is 2.17. The predicted octanol–water partition coefficient (Wildman–Crippen LogP) is 2.99. The van der Waals surface area contributed by atoms with Crippen molar-refractivity contribution in [3.05, 3.63) is 45.9 Å². The second-order valence-corrected chi connectivity index (χ2v) is 9.51. The number of nitrogens with zero attached hydrogens (tertiary/aromatic N) is 5. The lowest BCUT2D eigenvalue weighted by molar-refractivity contribution is 0.161. The number of likely N-dealkylation sites (tertiary alicyclic amines) is 1. The van der Waals surface area contributed by atoms with Crippen LogP contribution in [0.25, 0.3) is 0 Å². The highest BCUT2D eigenvalue weighted by Crippen LogP contribution is 2.22. The standard InChI is InChI=1S/C22H33N5O/c1-22(2,3)19-7-8-21(28)27(24-19)14-17-9-12-25(13-10-17)15-18-16-26-11-5-4-6-20(26)23-18/h7-8,16-17H,4-6,9-15H2,1-3H3. The number of aryl methyl sites for hydroxylation is 2. The van der Waals surface area contributed by atoms with Crippen LogP contribution in [-0.2, 0) is 31.5 Å². The molecule has 0 radical (unpaired) electrons. The van der Waals surface area contributed by atoms with E-state index in [0.717, 1.165) is 57.7 Å². The van der Waals surface area contributed by atoms with Crippen LogP contribution in [-0.4, -0.2) is 37.3 Å². The van der Waals surface area contributed by atoms with Gasteiger partial charge in [0.15, 0.2) is 0 Å². The van der Waals surface area contributed by atoms with Crippen LogP contribution in [0.15, 0.2) is 23.1 Å². The summed E-state index contributed by atoms with van der Waals surface area (Å²) in [7, 11) is 0. The summed E-state index contributed by atoms with van der Waals surface area (Å²) in [5, 5.41) is 4.64. The molecule has 4 rings (SSSR count). The normalized spacial score (nSPS) is 19.0. The third-order valence-corrected chi connectivity index (χ3v) is 6.12. The lowest BCUT2D eigenvalue weighted by atomic mass is 9.92. The summed E-state index contributed by atoms with van der Waals surface area (Å²) in [5.74, 6) is 1.78. The summed E-state index contributed by atoms with van der Waals surface area (Å²) in [6.45, 7) is 11.4. The van der Waals surface area contributed by atoms with Gasteiger partial charge >= 0.3 is 0 Å². The Kier molecular flexibility index (Phi) is 5.41. The zero-order valence-corrected chi connectivity index (χ0v) is 17.5. The van der Waals surface area contributed by atoms with Crippen LogP contribution in [0, 0.1) is 5.92 Å². The van der Waals surface area contributed by atoms with Gasteiger partial charge < -0.3 is 4.57 Å². The van der Waals surface area contributed by atoms with Crippen molar-refractivity contribution < 1.29 is 0 Å². The molecular weight excluding hydrogens is 350 g/mol. The Hall–Kier alpha value is -1.95. The Morgan fingerprint density at radius 1 is 1.11 bits per heavy atom. The smallest absolute Gasteiger partial charge is 0.266 e. The molecule has 1 saturated heterocycles. The zero-order valence-electron chi connectivity index (χ0n) is 17.5. The van der Waals surface area contributed by atoms with Gasteiger partial charge in [0.2, 0.25) is 0 Å². The van der Waals surface area contributed by atoms with E-state index in [4.69, 9.17) is 4.98 Å². The molecule has 0 amide bonds. The Balaban J connectivity index is 1.33. The molecule has 0 aliphatic carbocycles. The Morgan fingerprint density at radius 3 is 2.61 bits per heavy atom. The average molecular weight is 384 g/mol. The summed E-state index contributed by atoms with van der Waals surface area (Å²) < 4.78 is 4.02. The molecule has 6 nitrogen and oxygen atoms in total. The van der Waals surface area contributed by atoms with Crippen LogP contribution in [0.3, 0.4) is 0 Å². The summed E-state index contributed by atoms with van der Waals surface area (Å²) in [6, 6.07) is 3.54. The van der Waals surface area contributed by atoms with E-state index in [2.05, 4.69) is 41.5 Å². The zero-order chi connectivity index (χ0) is 19.7. The van der Waals surface area contributed by atoms with Gasteiger partial charge in [0.05, 0.1) is 11.4 Å². The molecule has 4 heterocycles. The van der Waals surface area contributed by atoms with Crippen molar-refractivity contribution in [1.82, 2.24) is 24.2 Å². The van der Waals surface area contributed by atoms with Gasteiger partial charge in [0.25, 0.3) is 5.56 Å². The van der Waals surface area contributed by atoms with E-state index in [1.54, 1.807) is 10.7 Å². The van der Waals surface area contributed by atoms with Crippen LogP contribution < -0.4 is 5.56 Å². The fourth-order valence-corrected chi connectivity index (χ4v) is 4.33. The molecule has 2 aromatic heterocycles. The van der Waals surface area contributed by atoms with Crippen molar-refractivity contribution in [3.63, 3.8) is 0 Å². The van der Waals surface area contributed by atoms with Crippen molar-refractivity contribution in [2.45, 2.75) is 77.9 Å². The highest BCUT2D eigenvalue weighted by molar-refractivity contribution is 5.11. The van der Waals surface area contributed by atoms with Gasteiger partial charge in [-0.05, 0) is 50.8 Å². The number of fused-ring (bicyclic) bond motifs is 1. The third-order valence-electron chi connectivity index (χ3n) is 6.12. The van der Waals surface area contributed by atoms with Crippen molar-refractivity contribution in [2.75, 3.05) is 13.1 Å². The Bertz CT molecular complexity index is 844. The fraction of sp³-hybridized carbons (Fsp3) is 0.682. The number of rotatable bonds is 4. The number of aromatic nitrogens is 4. The van der Waals surface area contributed by atoms with E-state index in [1.165, 1.54) is 24.4 Å². The molecule has 1 fully saturated rings. The molecule has 0 N–H and O–H groups in total. The van der Waals surface area contributed by atoms with E-state index in [0.29, 0.717) is 5.92 Å². The van der Waals surface area contributed by atoms with E-state index in [-0.39, 0.29) is 11.0 Å². The maximum absolute atomic E-state index is 12.3. The number of imidazole rings is 1. The lowest BCUT2D eigenvalue weighted by Crippen LogP contribution is -2.37. The molecule has 28 heavy (non-hydrogen) atoms. The van der Waals surface area contributed by atoms with Crippen LogP contribution >= 0.6 is 0 Å². The topological polar surface area (TPSA) is 56.0 Å². The SMILES string of the molecule is CC(C)(C)c1ccc(=O)n(CC2CCN(Cc3cn4c(n3)CCCC4)CC2)n1. The highest BCUT2D eigenvalue weighted by Gasteiger charge is 2.23. The third kappa shape index (κ3) is 4.37.